The van der Waals surface area contributed by atoms with Crippen LogP contribution in [-0.4, -0.2) is 39.2 Å². The Balaban J connectivity index is 1.54. The van der Waals surface area contributed by atoms with Gasteiger partial charge in [-0.1, -0.05) is 39.3 Å². The SMILES string of the molecule is CC(C)(C)CN1C[C@@]2(CCC[C@](C)(Cn3cnc4ccc(Cl)cc43)C2)OC1=O. The predicted molar refractivity (Wildman–Crippen MR) is 112 cm³/mol. The van der Waals surface area contributed by atoms with Gasteiger partial charge in [-0.2, -0.15) is 0 Å². The van der Waals surface area contributed by atoms with Gasteiger partial charge in [0, 0.05) is 18.1 Å². The first-order valence-corrected chi connectivity index (χ1v) is 10.5. The largest absolute Gasteiger partial charge is 0.441 e. The molecule has 1 saturated carbocycles. The van der Waals surface area contributed by atoms with E-state index in [9.17, 15) is 4.79 Å². The number of hydrogen-bond donors (Lipinski definition) is 0. The van der Waals surface area contributed by atoms with E-state index < -0.39 is 0 Å². The number of halogens is 1. The third-order valence-electron chi connectivity index (χ3n) is 6.00. The molecule has 2 aliphatic rings. The van der Waals surface area contributed by atoms with Gasteiger partial charge in [-0.05, 0) is 54.7 Å². The molecule has 1 spiro atoms. The molecule has 1 aromatic heterocycles. The Hall–Kier alpha value is -1.75. The lowest BCUT2D eigenvalue weighted by Crippen LogP contribution is -2.45. The van der Waals surface area contributed by atoms with Crippen molar-refractivity contribution in [2.24, 2.45) is 10.8 Å². The molecule has 1 aliphatic carbocycles. The Labute approximate surface area is 172 Å². The molecule has 2 heterocycles. The molecule has 1 amide bonds. The normalized spacial score (nSPS) is 28.3. The zero-order valence-electron chi connectivity index (χ0n) is 17.3. The first-order chi connectivity index (χ1) is 13.1. The molecular weight excluding hydrogens is 374 g/mol. The number of amides is 1. The molecule has 1 aliphatic heterocycles. The molecule has 0 unspecified atom stereocenters. The van der Waals surface area contributed by atoms with E-state index in [2.05, 4.69) is 37.2 Å². The van der Waals surface area contributed by atoms with Crippen LogP contribution in [-0.2, 0) is 11.3 Å². The number of fused-ring (bicyclic) bond motifs is 1. The number of aromatic nitrogens is 2. The number of rotatable bonds is 3. The molecule has 1 aromatic carbocycles. The number of benzene rings is 1. The lowest BCUT2D eigenvalue weighted by atomic mass is 9.68. The molecule has 2 fully saturated rings. The van der Waals surface area contributed by atoms with Crippen molar-refractivity contribution in [1.82, 2.24) is 14.5 Å². The van der Waals surface area contributed by atoms with E-state index in [4.69, 9.17) is 16.3 Å². The van der Waals surface area contributed by atoms with Crippen molar-refractivity contribution in [3.8, 4) is 0 Å². The van der Waals surface area contributed by atoms with Gasteiger partial charge in [-0.25, -0.2) is 9.78 Å². The summed E-state index contributed by atoms with van der Waals surface area (Å²) in [6, 6.07) is 5.81. The van der Waals surface area contributed by atoms with Gasteiger partial charge in [0.05, 0.1) is 23.9 Å². The summed E-state index contributed by atoms with van der Waals surface area (Å²) in [5.41, 5.74) is 1.78. The molecule has 0 bridgehead atoms. The summed E-state index contributed by atoms with van der Waals surface area (Å²) in [5, 5.41) is 0.724. The summed E-state index contributed by atoms with van der Waals surface area (Å²) in [6.45, 7) is 11.1. The maximum Gasteiger partial charge on any atom is 0.410 e. The minimum absolute atomic E-state index is 0.0478. The van der Waals surface area contributed by atoms with Crippen molar-refractivity contribution in [3.05, 3.63) is 29.5 Å². The third kappa shape index (κ3) is 3.86. The summed E-state index contributed by atoms with van der Waals surface area (Å²) in [6.07, 6.45) is 5.77. The monoisotopic (exact) mass is 403 g/mol. The highest BCUT2D eigenvalue weighted by molar-refractivity contribution is 6.31. The van der Waals surface area contributed by atoms with Gasteiger partial charge in [0.25, 0.3) is 0 Å². The fourth-order valence-electron chi connectivity index (χ4n) is 5.10. The second kappa shape index (κ2) is 6.65. The van der Waals surface area contributed by atoms with Crippen molar-refractivity contribution >= 4 is 28.7 Å². The zero-order valence-corrected chi connectivity index (χ0v) is 18.1. The van der Waals surface area contributed by atoms with E-state index in [1.54, 1.807) is 0 Å². The van der Waals surface area contributed by atoms with Crippen LogP contribution in [0.3, 0.4) is 0 Å². The Morgan fingerprint density at radius 1 is 1.29 bits per heavy atom. The predicted octanol–water partition coefficient (Wildman–Crippen LogP) is 5.51. The van der Waals surface area contributed by atoms with Crippen molar-refractivity contribution in [1.29, 1.82) is 0 Å². The number of ether oxygens (including phenoxy) is 1. The van der Waals surface area contributed by atoms with Crippen molar-refractivity contribution in [3.63, 3.8) is 0 Å². The second-order valence-corrected chi connectivity index (χ2v) is 10.8. The molecule has 2 aromatic rings. The highest BCUT2D eigenvalue weighted by atomic mass is 35.5. The van der Waals surface area contributed by atoms with E-state index in [0.717, 1.165) is 54.8 Å². The van der Waals surface area contributed by atoms with Crippen molar-refractivity contribution < 1.29 is 9.53 Å². The van der Waals surface area contributed by atoms with Crippen LogP contribution in [0.4, 0.5) is 4.79 Å². The van der Waals surface area contributed by atoms with Crippen LogP contribution in [0.5, 0.6) is 0 Å². The molecule has 2 atom stereocenters. The average molecular weight is 404 g/mol. The Bertz CT molecular complexity index is 903. The van der Waals surface area contributed by atoms with Crippen LogP contribution in [0, 0.1) is 10.8 Å². The van der Waals surface area contributed by atoms with Gasteiger partial charge in [0.2, 0.25) is 0 Å². The summed E-state index contributed by atoms with van der Waals surface area (Å²) < 4.78 is 8.21. The van der Waals surface area contributed by atoms with Gasteiger partial charge in [0.15, 0.2) is 0 Å². The van der Waals surface area contributed by atoms with Crippen LogP contribution in [0.1, 0.15) is 53.4 Å². The first-order valence-electron chi connectivity index (χ1n) is 10.2. The minimum Gasteiger partial charge on any atom is -0.441 e. The van der Waals surface area contributed by atoms with Crippen LogP contribution in [0.15, 0.2) is 24.5 Å². The quantitative estimate of drug-likeness (QED) is 0.679. The fourth-order valence-corrected chi connectivity index (χ4v) is 5.27. The summed E-state index contributed by atoms with van der Waals surface area (Å²) in [5.74, 6) is 0. The fraction of sp³-hybridized carbons (Fsp3) is 0.636. The Morgan fingerprint density at radius 3 is 2.82 bits per heavy atom. The van der Waals surface area contributed by atoms with E-state index in [0.29, 0.717) is 6.54 Å². The molecule has 4 rings (SSSR count). The maximum atomic E-state index is 12.5. The molecule has 28 heavy (non-hydrogen) atoms. The summed E-state index contributed by atoms with van der Waals surface area (Å²) in [7, 11) is 0. The molecule has 5 nitrogen and oxygen atoms in total. The van der Waals surface area contributed by atoms with Crippen LogP contribution < -0.4 is 0 Å². The topological polar surface area (TPSA) is 47.4 Å². The summed E-state index contributed by atoms with van der Waals surface area (Å²) >= 11 is 6.20. The number of imidazole rings is 1. The second-order valence-electron chi connectivity index (χ2n) is 10.3. The van der Waals surface area contributed by atoms with E-state index in [1.807, 2.05) is 29.4 Å². The molecular formula is C22H30ClN3O2. The third-order valence-corrected chi connectivity index (χ3v) is 6.24. The average Bonchev–Trinajstić information content (AvgIpc) is 3.06. The van der Waals surface area contributed by atoms with Gasteiger partial charge in [-0.3, -0.25) is 0 Å². The number of nitrogens with zero attached hydrogens (tertiary/aromatic N) is 3. The minimum atomic E-state index is -0.358. The number of hydrogen-bond acceptors (Lipinski definition) is 3. The highest BCUT2D eigenvalue weighted by Crippen LogP contribution is 2.47. The molecule has 6 heteroatoms. The highest BCUT2D eigenvalue weighted by Gasteiger charge is 2.51. The Kier molecular flexibility index (Phi) is 4.65. The molecule has 1 saturated heterocycles. The number of carbonyl (C=O) groups excluding carboxylic acids is 1. The van der Waals surface area contributed by atoms with Gasteiger partial charge >= 0.3 is 6.09 Å². The molecule has 0 N–H and O–H groups in total. The standard InChI is InChI=1S/C22H30ClN3O2/c1-20(2,3)12-25-14-22(28-19(25)27)9-5-8-21(4,11-22)13-26-15-24-17-7-6-16(23)10-18(17)26/h6-7,10,15H,5,8-9,11-14H2,1-4H3/t21-,22-/m0/s1. The Morgan fingerprint density at radius 2 is 2.07 bits per heavy atom. The van der Waals surface area contributed by atoms with Crippen molar-refractivity contribution in [2.45, 2.75) is 65.5 Å². The van der Waals surface area contributed by atoms with Crippen molar-refractivity contribution in [2.75, 3.05) is 13.1 Å². The first kappa shape index (κ1) is 19.6. The lowest BCUT2D eigenvalue weighted by molar-refractivity contribution is -0.0270. The lowest BCUT2D eigenvalue weighted by Gasteiger charge is -2.43. The van der Waals surface area contributed by atoms with Crippen LogP contribution in [0.25, 0.3) is 11.0 Å². The molecule has 0 radical (unpaired) electrons. The maximum absolute atomic E-state index is 12.5. The molecule has 152 valence electrons. The van der Waals surface area contributed by atoms with Gasteiger partial charge in [-0.15, -0.1) is 0 Å². The van der Waals surface area contributed by atoms with Gasteiger partial charge in [0.1, 0.15) is 5.60 Å². The van der Waals surface area contributed by atoms with Crippen LogP contribution >= 0.6 is 11.6 Å². The smallest absolute Gasteiger partial charge is 0.410 e. The van der Waals surface area contributed by atoms with Gasteiger partial charge < -0.3 is 14.2 Å². The zero-order chi connectivity index (χ0) is 20.2. The van der Waals surface area contributed by atoms with Crippen LogP contribution in [0.2, 0.25) is 5.02 Å². The van der Waals surface area contributed by atoms with E-state index in [1.165, 1.54) is 0 Å². The number of carbonyl (C=O) groups is 1. The van der Waals surface area contributed by atoms with E-state index in [-0.39, 0.29) is 22.5 Å². The van der Waals surface area contributed by atoms with E-state index >= 15 is 0 Å². The summed E-state index contributed by atoms with van der Waals surface area (Å²) in [4.78, 5) is 19.0.